The molecule has 0 radical (unpaired) electrons. The molecular formula is C112H77BrN4. The Morgan fingerprint density at radius 3 is 0.949 bits per heavy atom. The van der Waals surface area contributed by atoms with Crippen LogP contribution in [-0.4, -0.2) is 9.13 Å². The lowest BCUT2D eigenvalue weighted by atomic mass is 9.93. The first-order valence-corrected chi connectivity index (χ1v) is 40.7. The summed E-state index contributed by atoms with van der Waals surface area (Å²) in [5, 5.41) is 18.9. The van der Waals surface area contributed by atoms with Crippen molar-refractivity contribution < 1.29 is 0 Å². The predicted octanol–water partition coefficient (Wildman–Crippen LogP) is 31.8. The van der Waals surface area contributed by atoms with E-state index in [0.29, 0.717) is 0 Å². The number of nitrogens with zero attached hydrogens (tertiary/aromatic N) is 3. The van der Waals surface area contributed by atoms with Crippen molar-refractivity contribution in [3.8, 4) is 78.1 Å². The molecule has 4 nitrogen and oxygen atoms in total. The fraction of sp³-hybridized carbons (Fsp3) is 0. The quantitative estimate of drug-likeness (QED) is 0.116. The predicted molar refractivity (Wildman–Crippen MR) is 503 cm³/mol. The normalized spacial score (nSPS) is 11.3. The lowest BCUT2D eigenvalue weighted by Crippen LogP contribution is -2.10. The molecule has 2 heterocycles. The zero-order valence-corrected chi connectivity index (χ0v) is 65.7. The molecule has 0 spiro atoms. The number of fused-ring (bicyclic) bond motifs is 12. The van der Waals surface area contributed by atoms with Gasteiger partial charge in [0.25, 0.3) is 0 Å². The Labute approximate surface area is 689 Å². The van der Waals surface area contributed by atoms with Crippen molar-refractivity contribution in [1.82, 2.24) is 9.13 Å². The van der Waals surface area contributed by atoms with E-state index in [2.05, 4.69) is 490 Å². The van der Waals surface area contributed by atoms with E-state index < -0.39 is 0 Å². The first kappa shape index (κ1) is 71.2. The molecule has 20 aromatic carbocycles. The smallest absolute Gasteiger partial charge is 0.0541 e. The number of hydrogen-bond acceptors (Lipinski definition) is 2. The Balaban J connectivity index is 0.000000133. The number of anilines is 5. The standard InChI is InChI=1S/C56H38N2.C44H30N2.C12H9Br/c1-2-14-39(15-3-1)40-28-32-45(33-29-40)57(47-19-13-18-43(37-47)54-38-44-16-4-5-21-49(44)50-22-6-7-23-51(50)54)46-34-30-41(31-35-46)42-17-12-20-48(36-42)58-55-26-10-8-24-52(55)53-25-9-11-27-56(53)58;1-2-16-37-33(11-1)29-42(39-18-4-3-17-38(37)39)32-13-9-14-35(27-32)45-34-25-23-30(24-26-34)31-12-10-15-36(28-31)46-43-21-7-5-19-40(43)41-20-6-8-22-44(41)46;13-12-8-6-11(7-9-12)10-4-2-1-3-5-10/h1-38H;1-29,45H;1-9H. The van der Waals surface area contributed by atoms with Crippen molar-refractivity contribution in [2.45, 2.75) is 0 Å². The van der Waals surface area contributed by atoms with Crippen LogP contribution in [0.15, 0.2) is 466 Å². The van der Waals surface area contributed by atoms with E-state index in [1.165, 1.54) is 153 Å². The van der Waals surface area contributed by atoms with Gasteiger partial charge in [-0.25, -0.2) is 0 Å². The largest absolute Gasteiger partial charge is 0.356 e. The van der Waals surface area contributed by atoms with E-state index in [-0.39, 0.29) is 0 Å². The van der Waals surface area contributed by atoms with Gasteiger partial charge in [0.2, 0.25) is 0 Å². The first-order valence-electron chi connectivity index (χ1n) is 39.9. The molecule has 0 saturated carbocycles. The molecule has 552 valence electrons. The molecular weight excluding hydrogens is 1480 g/mol. The van der Waals surface area contributed by atoms with Crippen molar-refractivity contribution in [3.05, 3.63) is 466 Å². The van der Waals surface area contributed by atoms with E-state index in [1.807, 2.05) is 6.07 Å². The van der Waals surface area contributed by atoms with Crippen molar-refractivity contribution in [1.29, 1.82) is 0 Å². The van der Waals surface area contributed by atoms with Crippen LogP contribution < -0.4 is 10.2 Å². The average Bonchev–Trinajstić information content (AvgIpc) is 1.75. The fourth-order valence-corrected chi connectivity index (χ4v) is 17.3. The van der Waals surface area contributed by atoms with E-state index in [4.69, 9.17) is 0 Å². The summed E-state index contributed by atoms with van der Waals surface area (Å²) in [7, 11) is 0. The molecule has 22 aromatic rings. The lowest BCUT2D eigenvalue weighted by Gasteiger charge is -2.26. The first-order chi connectivity index (χ1) is 57.9. The Hall–Kier alpha value is -14.9. The summed E-state index contributed by atoms with van der Waals surface area (Å²) in [6, 6.07) is 166. The van der Waals surface area contributed by atoms with Crippen LogP contribution in [0.4, 0.5) is 28.4 Å². The van der Waals surface area contributed by atoms with Gasteiger partial charge in [-0.15, -0.1) is 0 Å². The third kappa shape index (κ3) is 14.1. The highest BCUT2D eigenvalue weighted by atomic mass is 79.9. The Morgan fingerprint density at radius 2 is 0.504 bits per heavy atom. The Bertz CT molecular complexity index is 7290. The van der Waals surface area contributed by atoms with E-state index in [9.17, 15) is 0 Å². The van der Waals surface area contributed by atoms with Gasteiger partial charge in [-0.05, 0) is 243 Å². The maximum atomic E-state index is 3.65. The monoisotopic (exact) mass is 1560 g/mol. The number of aromatic nitrogens is 2. The third-order valence-corrected chi connectivity index (χ3v) is 23.2. The number of halogens is 1. The van der Waals surface area contributed by atoms with Gasteiger partial charge in [0.05, 0.1) is 22.1 Å². The summed E-state index contributed by atoms with van der Waals surface area (Å²) < 4.78 is 5.87. The summed E-state index contributed by atoms with van der Waals surface area (Å²) >= 11 is 3.42. The average molecular weight is 1560 g/mol. The van der Waals surface area contributed by atoms with E-state index in [1.54, 1.807) is 0 Å². The summed E-state index contributed by atoms with van der Waals surface area (Å²) in [5.74, 6) is 0. The zero-order valence-electron chi connectivity index (χ0n) is 64.1. The molecule has 0 saturated heterocycles. The molecule has 2 aromatic heterocycles. The summed E-state index contributed by atoms with van der Waals surface area (Å²) in [4.78, 5) is 2.37. The minimum atomic E-state index is 1.06. The molecule has 0 atom stereocenters. The number of nitrogens with one attached hydrogen (secondary N) is 1. The topological polar surface area (TPSA) is 25.1 Å². The van der Waals surface area contributed by atoms with Crippen LogP contribution in [0.5, 0.6) is 0 Å². The van der Waals surface area contributed by atoms with E-state index >= 15 is 0 Å². The number of benzene rings is 20. The van der Waals surface area contributed by atoms with Gasteiger partial charge in [0.15, 0.2) is 0 Å². The highest BCUT2D eigenvalue weighted by Gasteiger charge is 2.20. The minimum Gasteiger partial charge on any atom is -0.356 e. The molecule has 22 rings (SSSR count). The molecule has 5 heteroatoms. The number of hydrogen-bond donors (Lipinski definition) is 1. The van der Waals surface area contributed by atoms with Crippen LogP contribution in [0.1, 0.15) is 0 Å². The highest BCUT2D eigenvalue weighted by Crippen LogP contribution is 2.44. The molecule has 0 unspecified atom stereocenters. The molecule has 0 aliphatic heterocycles. The number of rotatable bonds is 13. The third-order valence-electron chi connectivity index (χ3n) is 22.6. The van der Waals surface area contributed by atoms with Gasteiger partial charge in [-0.2, -0.15) is 0 Å². The van der Waals surface area contributed by atoms with Gasteiger partial charge < -0.3 is 19.4 Å². The van der Waals surface area contributed by atoms with Crippen LogP contribution in [0.25, 0.3) is 165 Å². The molecule has 117 heavy (non-hydrogen) atoms. The minimum absolute atomic E-state index is 1.06. The fourth-order valence-electron chi connectivity index (χ4n) is 17.1. The van der Waals surface area contributed by atoms with Crippen LogP contribution in [0, 0.1) is 0 Å². The van der Waals surface area contributed by atoms with Crippen LogP contribution in [0.3, 0.4) is 0 Å². The van der Waals surface area contributed by atoms with Crippen molar-refractivity contribution in [3.63, 3.8) is 0 Å². The number of para-hydroxylation sites is 4. The van der Waals surface area contributed by atoms with Crippen LogP contribution >= 0.6 is 15.9 Å². The maximum absolute atomic E-state index is 3.65. The maximum Gasteiger partial charge on any atom is 0.0541 e. The van der Waals surface area contributed by atoms with Gasteiger partial charge in [-0.3, -0.25) is 0 Å². The summed E-state index contributed by atoms with van der Waals surface area (Å²) in [5.41, 5.74) is 27.1. The molecule has 0 bridgehead atoms. The van der Waals surface area contributed by atoms with Crippen LogP contribution in [-0.2, 0) is 0 Å². The lowest BCUT2D eigenvalue weighted by molar-refractivity contribution is 1.18. The molecule has 0 aliphatic carbocycles. The van der Waals surface area contributed by atoms with Gasteiger partial charge in [-0.1, -0.05) is 344 Å². The highest BCUT2D eigenvalue weighted by molar-refractivity contribution is 9.10. The van der Waals surface area contributed by atoms with Crippen molar-refractivity contribution >= 4 is 131 Å². The molecule has 1 N–H and O–H groups in total. The van der Waals surface area contributed by atoms with Crippen molar-refractivity contribution in [2.24, 2.45) is 0 Å². The summed E-state index contributed by atoms with van der Waals surface area (Å²) in [6.45, 7) is 0. The second-order valence-electron chi connectivity index (χ2n) is 29.7. The molecule has 0 amide bonds. The Kier molecular flexibility index (Phi) is 19.2. The summed E-state index contributed by atoms with van der Waals surface area (Å²) in [6.07, 6.45) is 0. The Morgan fingerprint density at radius 1 is 0.188 bits per heavy atom. The SMILES string of the molecule is Brc1ccc(-c2ccccc2)cc1.c1cc(Nc2ccc(-c3cccc(-n4c5ccccc5c5ccccc54)c3)cc2)cc(-c2cc3ccccc3c3ccccc23)c1.c1ccc(-c2ccc(N(c3ccc(-c4cccc(-n5c6ccccc6c6ccccc65)c4)cc3)c3cccc(-c4cc5ccccc5c5ccccc45)c3)cc2)cc1. The van der Waals surface area contributed by atoms with Gasteiger partial charge in [0, 0.05) is 65.8 Å². The zero-order chi connectivity index (χ0) is 78.0. The van der Waals surface area contributed by atoms with Gasteiger partial charge in [0.1, 0.15) is 0 Å². The second-order valence-corrected chi connectivity index (χ2v) is 30.6. The molecule has 0 fully saturated rings. The van der Waals surface area contributed by atoms with E-state index in [0.717, 1.165) is 44.3 Å². The van der Waals surface area contributed by atoms with Crippen LogP contribution in [0.2, 0.25) is 0 Å². The van der Waals surface area contributed by atoms with Gasteiger partial charge >= 0.3 is 0 Å². The molecule has 0 aliphatic rings. The second kappa shape index (κ2) is 31.6. The van der Waals surface area contributed by atoms with Crippen molar-refractivity contribution in [2.75, 3.05) is 10.2 Å².